The normalized spacial score (nSPS) is 47.0. The molecule has 5 aliphatic rings. The molecule has 4 aliphatic carbocycles. The summed E-state index contributed by atoms with van der Waals surface area (Å²) in [4.78, 5) is 0. The number of fused-ring (bicyclic) bond motifs is 2. The van der Waals surface area contributed by atoms with Crippen LogP contribution in [0.3, 0.4) is 0 Å². The summed E-state index contributed by atoms with van der Waals surface area (Å²) < 4.78 is 11.1. The molecule has 1 aromatic carbocycles. The van der Waals surface area contributed by atoms with Crippen LogP contribution < -0.4 is 14.8 Å². The first-order valence-corrected chi connectivity index (χ1v) is 8.42. The predicted molar refractivity (Wildman–Crippen MR) is 78.1 cm³/mol. The molecule has 1 aliphatic heterocycles. The molecule has 110 valence electrons. The van der Waals surface area contributed by atoms with Crippen LogP contribution in [0, 0.1) is 23.2 Å². The average Bonchev–Trinajstić information content (AvgIpc) is 2.80. The van der Waals surface area contributed by atoms with Crippen LogP contribution >= 0.6 is 0 Å². The minimum absolute atomic E-state index is 0.368. The zero-order valence-corrected chi connectivity index (χ0v) is 12.2. The van der Waals surface area contributed by atoms with Crippen molar-refractivity contribution in [1.82, 2.24) is 5.32 Å². The van der Waals surface area contributed by atoms with Gasteiger partial charge in [0.1, 0.15) is 0 Å². The van der Waals surface area contributed by atoms with Crippen molar-refractivity contribution in [3.63, 3.8) is 0 Å². The number of benzene rings is 1. The fourth-order valence-electron chi connectivity index (χ4n) is 6.49. The van der Waals surface area contributed by atoms with E-state index in [1.54, 1.807) is 0 Å². The monoisotopic (exact) mass is 283 g/mol. The summed E-state index contributed by atoms with van der Waals surface area (Å²) in [6.07, 6.45) is 7.42. The number of rotatable bonds is 3. The highest BCUT2D eigenvalue weighted by Gasteiger charge is 2.80. The van der Waals surface area contributed by atoms with Gasteiger partial charge in [-0.15, -0.1) is 0 Å². The Morgan fingerprint density at radius 2 is 2.19 bits per heavy atom. The van der Waals surface area contributed by atoms with E-state index in [-0.39, 0.29) is 0 Å². The van der Waals surface area contributed by atoms with Crippen LogP contribution in [0.2, 0.25) is 0 Å². The Kier molecular flexibility index (Phi) is 1.84. The summed E-state index contributed by atoms with van der Waals surface area (Å²) in [5.74, 6) is 5.02. The van der Waals surface area contributed by atoms with E-state index in [0.29, 0.717) is 17.7 Å². The Labute approximate surface area is 125 Å². The largest absolute Gasteiger partial charge is 0.454 e. The van der Waals surface area contributed by atoms with E-state index in [0.717, 1.165) is 35.8 Å². The number of nitrogens with one attached hydrogen (secondary N) is 1. The number of hydrogen-bond donors (Lipinski definition) is 1. The summed E-state index contributed by atoms with van der Waals surface area (Å²) in [5.41, 5.74) is 2.42. The molecule has 3 heteroatoms. The molecule has 6 rings (SSSR count). The highest BCUT2D eigenvalue weighted by Crippen LogP contribution is 2.82. The zero-order chi connectivity index (χ0) is 13.7. The summed E-state index contributed by atoms with van der Waals surface area (Å²) in [6, 6.07) is 6.25. The van der Waals surface area contributed by atoms with Gasteiger partial charge in [-0.3, -0.25) is 0 Å². The number of ether oxygens (including phenoxy) is 2. The Morgan fingerprint density at radius 1 is 1.19 bits per heavy atom. The Balaban J connectivity index is 1.27. The third-order valence-electron chi connectivity index (χ3n) is 7.31. The average molecular weight is 283 g/mol. The van der Waals surface area contributed by atoms with Crippen LogP contribution in [0.5, 0.6) is 11.5 Å². The van der Waals surface area contributed by atoms with E-state index in [4.69, 9.17) is 9.47 Å². The second kappa shape index (κ2) is 3.40. The summed E-state index contributed by atoms with van der Waals surface area (Å²) in [7, 11) is 0. The van der Waals surface area contributed by atoms with Crippen molar-refractivity contribution in [2.24, 2.45) is 23.2 Å². The molecule has 1 N–H and O–H groups in total. The first kappa shape index (κ1) is 11.4. The van der Waals surface area contributed by atoms with E-state index < -0.39 is 0 Å². The van der Waals surface area contributed by atoms with Gasteiger partial charge in [0.15, 0.2) is 11.5 Å². The standard InChI is InChI=1S/C18H21NO2/c1-2-12(16-15(3-1)20-10-21-16)8-19-18-6-11-4-13-7-17(18,9-18)14(13)5-11/h1-3,11,13-14,19H,4-10H2. The molecule has 1 aromatic rings. The molecule has 1 heterocycles. The smallest absolute Gasteiger partial charge is 0.231 e. The zero-order valence-electron chi connectivity index (χ0n) is 12.2. The van der Waals surface area contributed by atoms with Gasteiger partial charge in [-0.2, -0.15) is 0 Å². The molecule has 4 saturated carbocycles. The molecule has 5 unspecified atom stereocenters. The first-order valence-electron chi connectivity index (χ1n) is 8.42. The summed E-state index contributed by atoms with van der Waals surface area (Å²) in [6.45, 7) is 1.30. The fourth-order valence-corrected chi connectivity index (χ4v) is 6.49. The second-order valence-electron chi connectivity index (χ2n) is 8.03. The molecule has 0 radical (unpaired) electrons. The Morgan fingerprint density at radius 3 is 3.19 bits per heavy atom. The molecule has 3 nitrogen and oxygen atoms in total. The topological polar surface area (TPSA) is 30.5 Å². The van der Waals surface area contributed by atoms with Crippen molar-refractivity contribution in [3.8, 4) is 11.5 Å². The van der Waals surface area contributed by atoms with Gasteiger partial charge in [0, 0.05) is 17.6 Å². The van der Waals surface area contributed by atoms with Crippen LogP contribution in [-0.2, 0) is 6.54 Å². The van der Waals surface area contributed by atoms with Gasteiger partial charge in [-0.05, 0) is 61.3 Å². The summed E-state index contributed by atoms with van der Waals surface area (Å²) >= 11 is 0. The number of hydrogen-bond acceptors (Lipinski definition) is 3. The molecule has 5 atom stereocenters. The van der Waals surface area contributed by atoms with E-state index in [1.807, 2.05) is 6.07 Å². The molecule has 21 heavy (non-hydrogen) atoms. The van der Waals surface area contributed by atoms with Crippen molar-refractivity contribution in [2.45, 2.75) is 44.2 Å². The van der Waals surface area contributed by atoms with E-state index >= 15 is 0 Å². The molecule has 0 amide bonds. The lowest BCUT2D eigenvalue weighted by atomic mass is 9.60. The summed E-state index contributed by atoms with van der Waals surface area (Å²) in [5, 5.41) is 3.96. The molecular formula is C18H21NO2. The van der Waals surface area contributed by atoms with E-state index in [2.05, 4.69) is 17.4 Å². The van der Waals surface area contributed by atoms with Crippen molar-refractivity contribution in [2.75, 3.05) is 6.79 Å². The van der Waals surface area contributed by atoms with Gasteiger partial charge in [-0.1, -0.05) is 12.1 Å². The van der Waals surface area contributed by atoms with E-state index in [9.17, 15) is 0 Å². The van der Waals surface area contributed by atoms with Gasteiger partial charge in [0.05, 0.1) is 0 Å². The molecule has 0 aromatic heterocycles. The highest BCUT2D eigenvalue weighted by atomic mass is 16.7. The van der Waals surface area contributed by atoms with Crippen LogP contribution in [-0.4, -0.2) is 12.3 Å². The molecule has 2 bridgehead atoms. The van der Waals surface area contributed by atoms with Crippen molar-refractivity contribution >= 4 is 0 Å². The fraction of sp³-hybridized carbons (Fsp3) is 0.667. The lowest BCUT2D eigenvalue weighted by Gasteiger charge is -2.47. The number of para-hydroxylation sites is 1. The van der Waals surface area contributed by atoms with Crippen molar-refractivity contribution in [3.05, 3.63) is 23.8 Å². The van der Waals surface area contributed by atoms with Crippen LogP contribution in [0.15, 0.2) is 18.2 Å². The van der Waals surface area contributed by atoms with Crippen molar-refractivity contribution in [1.29, 1.82) is 0 Å². The van der Waals surface area contributed by atoms with Crippen LogP contribution in [0.25, 0.3) is 0 Å². The maximum Gasteiger partial charge on any atom is 0.231 e. The van der Waals surface area contributed by atoms with Gasteiger partial charge in [0.2, 0.25) is 6.79 Å². The Hall–Kier alpha value is -1.22. The van der Waals surface area contributed by atoms with Crippen LogP contribution in [0.4, 0.5) is 0 Å². The lowest BCUT2D eigenvalue weighted by Crippen LogP contribution is -2.48. The Bertz CT molecular complexity index is 644. The maximum atomic E-state index is 5.64. The highest BCUT2D eigenvalue weighted by molar-refractivity contribution is 5.48. The molecule has 1 spiro atoms. The minimum atomic E-state index is 0.368. The molecule has 4 fully saturated rings. The third kappa shape index (κ3) is 1.22. The second-order valence-corrected chi connectivity index (χ2v) is 8.03. The SMILES string of the molecule is c1cc(CNC23CC4CC5CC2(C3)C5C4)c2c(c1)OCO2. The minimum Gasteiger partial charge on any atom is -0.454 e. The quantitative estimate of drug-likeness (QED) is 0.924. The van der Waals surface area contributed by atoms with Gasteiger partial charge in [-0.25, -0.2) is 0 Å². The van der Waals surface area contributed by atoms with Gasteiger partial charge in [0.25, 0.3) is 0 Å². The van der Waals surface area contributed by atoms with E-state index in [1.165, 1.54) is 37.7 Å². The van der Waals surface area contributed by atoms with Crippen LogP contribution in [0.1, 0.15) is 37.7 Å². The molecule has 0 saturated heterocycles. The first-order chi connectivity index (χ1) is 10.3. The van der Waals surface area contributed by atoms with Gasteiger partial charge < -0.3 is 14.8 Å². The predicted octanol–water partition coefficient (Wildman–Crippen LogP) is 3.08. The maximum absolute atomic E-state index is 5.64. The van der Waals surface area contributed by atoms with Crippen molar-refractivity contribution < 1.29 is 9.47 Å². The molecular weight excluding hydrogens is 262 g/mol. The lowest BCUT2D eigenvalue weighted by molar-refractivity contribution is 0.0364. The van der Waals surface area contributed by atoms with Gasteiger partial charge >= 0.3 is 0 Å². The third-order valence-corrected chi connectivity index (χ3v) is 7.31.